The summed E-state index contributed by atoms with van der Waals surface area (Å²) in [5.41, 5.74) is 0. The normalized spacial score (nSPS) is 21.2. The molecular formula is C8H22O4Si2. The van der Waals surface area contributed by atoms with Gasteiger partial charge in [-0.1, -0.05) is 0 Å². The average Bonchev–Trinajstić information content (AvgIpc) is 1.98. The van der Waals surface area contributed by atoms with Crippen LogP contribution < -0.4 is 0 Å². The first kappa shape index (κ1) is 14.3. The van der Waals surface area contributed by atoms with Crippen molar-refractivity contribution in [2.45, 2.75) is 33.1 Å². The van der Waals surface area contributed by atoms with E-state index in [-0.39, 0.29) is 17.3 Å². The summed E-state index contributed by atoms with van der Waals surface area (Å²) in [6.45, 7) is 7.81. The number of ether oxygens (including phenoxy) is 1. The minimum atomic E-state index is -2.41. The second-order valence-electron chi connectivity index (χ2n) is 2.94. The van der Waals surface area contributed by atoms with Crippen LogP contribution in [0.25, 0.3) is 0 Å². The largest absolute Gasteiger partial charge is 0.499 e. The molecule has 0 aromatic rings. The summed E-state index contributed by atoms with van der Waals surface area (Å²) in [5.74, 6) is 0. The Hall–Kier alpha value is 0.274. The SMILES string of the molecule is CCO[Si](C)(OCC)OC1CCO1.[SiH4]. The van der Waals surface area contributed by atoms with Crippen LogP contribution in [-0.2, 0) is 18.0 Å². The topological polar surface area (TPSA) is 36.9 Å². The molecule has 0 saturated carbocycles. The molecule has 0 spiro atoms. The number of hydrogen-bond acceptors (Lipinski definition) is 4. The van der Waals surface area contributed by atoms with Gasteiger partial charge in [0, 0.05) is 26.2 Å². The first-order valence-corrected chi connectivity index (χ1v) is 7.00. The molecule has 1 aliphatic heterocycles. The van der Waals surface area contributed by atoms with Crippen molar-refractivity contribution in [1.82, 2.24) is 0 Å². The Morgan fingerprint density at radius 3 is 2.07 bits per heavy atom. The van der Waals surface area contributed by atoms with E-state index in [9.17, 15) is 0 Å². The highest BCUT2D eigenvalue weighted by atomic mass is 28.4. The third-order valence-corrected chi connectivity index (χ3v) is 4.13. The Bertz CT molecular complexity index is 146. The van der Waals surface area contributed by atoms with Crippen molar-refractivity contribution in [1.29, 1.82) is 0 Å². The lowest BCUT2D eigenvalue weighted by atomic mass is 10.4. The van der Waals surface area contributed by atoms with E-state index in [1.165, 1.54) is 0 Å². The average molecular weight is 238 g/mol. The third-order valence-electron chi connectivity index (χ3n) is 1.82. The molecule has 86 valence electrons. The van der Waals surface area contributed by atoms with Crippen molar-refractivity contribution < 1.29 is 18.0 Å². The predicted molar refractivity (Wildman–Crippen MR) is 61.6 cm³/mol. The monoisotopic (exact) mass is 238 g/mol. The van der Waals surface area contributed by atoms with E-state index in [4.69, 9.17) is 18.0 Å². The summed E-state index contributed by atoms with van der Waals surface area (Å²) in [5, 5.41) is 0. The smallest absolute Gasteiger partial charge is 0.374 e. The van der Waals surface area contributed by atoms with E-state index in [0.717, 1.165) is 13.0 Å². The number of rotatable bonds is 6. The maximum atomic E-state index is 5.63. The van der Waals surface area contributed by atoms with Crippen LogP contribution in [0, 0.1) is 0 Å². The van der Waals surface area contributed by atoms with Gasteiger partial charge < -0.3 is 18.0 Å². The van der Waals surface area contributed by atoms with E-state index in [0.29, 0.717) is 13.2 Å². The van der Waals surface area contributed by atoms with Gasteiger partial charge in [0.25, 0.3) is 0 Å². The molecule has 1 unspecified atom stereocenters. The second-order valence-corrected chi connectivity index (χ2v) is 5.47. The maximum Gasteiger partial charge on any atom is 0.499 e. The molecule has 1 saturated heterocycles. The fourth-order valence-electron chi connectivity index (χ4n) is 1.18. The van der Waals surface area contributed by atoms with E-state index >= 15 is 0 Å². The fraction of sp³-hybridized carbons (Fsp3) is 1.00. The molecule has 0 radical (unpaired) electrons. The molecule has 0 aliphatic carbocycles. The second kappa shape index (κ2) is 6.70. The molecule has 1 heterocycles. The molecule has 1 aliphatic rings. The molecule has 1 atom stereocenters. The molecule has 0 aromatic carbocycles. The van der Waals surface area contributed by atoms with Gasteiger partial charge in [0.2, 0.25) is 0 Å². The zero-order valence-electron chi connectivity index (χ0n) is 8.54. The first-order valence-electron chi connectivity index (χ1n) is 4.77. The highest BCUT2D eigenvalue weighted by Gasteiger charge is 2.39. The molecule has 0 aromatic heterocycles. The van der Waals surface area contributed by atoms with Gasteiger partial charge in [-0.25, -0.2) is 0 Å². The molecule has 1 rings (SSSR count). The molecule has 6 heteroatoms. The van der Waals surface area contributed by atoms with Gasteiger partial charge in [-0.15, -0.1) is 0 Å². The Balaban J connectivity index is 0.00000169. The summed E-state index contributed by atoms with van der Waals surface area (Å²) < 4.78 is 21.8. The van der Waals surface area contributed by atoms with Gasteiger partial charge in [-0.2, -0.15) is 0 Å². The van der Waals surface area contributed by atoms with E-state index < -0.39 is 8.80 Å². The third kappa shape index (κ3) is 4.20. The van der Waals surface area contributed by atoms with Crippen LogP contribution in [-0.4, -0.2) is 45.9 Å². The molecule has 14 heavy (non-hydrogen) atoms. The van der Waals surface area contributed by atoms with Crippen LogP contribution in [0.4, 0.5) is 0 Å². The van der Waals surface area contributed by atoms with Gasteiger partial charge in [-0.05, 0) is 24.8 Å². The van der Waals surface area contributed by atoms with Crippen molar-refractivity contribution in [3.05, 3.63) is 0 Å². The Kier molecular flexibility index (Phi) is 6.83. The lowest BCUT2D eigenvalue weighted by Gasteiger charge is -2.34. The van der Waals surface area contributed by atoms with Crippen molar-refractivity contribution in [2.75, 3.05) is 19.8 Å². The van der Waals surface area contributed by atoms with Crippen molar-refractivity contribution in [3.8, 4) is 0 Å². The van der Waals surface area contributed by atoms with Crippen molar-refractivity contribution >= 4 is 19.8 Å². The molecule has 0 amide bonds. The zero-order chi connectivity index (χ0) is 9.73. The fourth-order valence-corrected chi connectivity index (χ4v) is 3.11. The lowest BCUT2D eigenvalue weighted by molar-refractivity contribution is -0.190. The van der Waals surface area contributed by atoms with Crippen molar-refractivity contribution in [3.63, 3.8) is 0 Å². The van der Waals surface area contributed by atoms with Gasteiger partial charge in [0.15, 0.2) is 6.29 Å². The van der Waals surface area contributed by atoms with Crippen LogP contribution in [0.1, 0.15) is 20.3 Å². The van der Waals surface area contributed by atoms with Gasteiger partial charge in [0.05, 0.1) is 6.61 Å². The highest BCUT2D eigenvalue weighted by Crippen LogP contribution is 2.20. The number of hydrogen-bond donors (Lipinski definition) is 0. The van der Waals surface area contributed by atoms with Crippen molar-refractivity contribution in [2.24, 2.45) is 0 Å². The van der Waals surface area contributed by atoms with Crippen LogP contribution in [0.5, 0.6) is 0 Å². The summed E-state index contributed by atoms with van der Waals surface area (Å²) in [6.07, 6.45) is 0.845. The molecule has 0 bridgehead atoms. The predicted octanol–water partition coefficient (Wildman–Crippen LogP) is -0.0605. The quantitative estimate of drug-likeness (QED) is 0.608. The molecular weight excluding hydrogens is 216 g/mol. The highest BCUT2D eigenvalue weighted by molar-refractivity contribution is 6.59. The summed E-state index contributed by atoms with van der Waals surface area (Å²) >= 11 is 0. The van der Waals surface area contributed by atoms with E-state index in [1.54, 1.807) is 0 Å². The summed E-state index contributed by atoms with van der Waals surface area (Å²) in [4.78, 5) is 0. The van der Waals surface area contributed by atoms with Gasteiger partial charge in [-0.3, -0.25) is 0 Å². The standard InChI is InChI=1S/C8H18O4Si.H4Si/c1-4-10-13(3,11-5-2)12-8-6-7-9-8;/h8H,4-7H2,1-3H3;1H4. The van der Waals surface area contributed by atoms with Crippen LogP contribution in [0.15, 0.2) is 0 Å². The minimum Gasteiger partial charge on any atom is -0.374 e. The Morgan fingerprint density at radius 2 is 1.79 bits per heavy atom. The first-order chi connectivity index (χ1) is 6.20. The van der Waals surface area contributed by atoms with Crippen LogP contribution in [0.2, 0.25) is 6.55 Å². The van der Waals surface area contributed by atoms with Crippen LogP contribution in [0.3, 0.4) is 0 Å². The molecule has 1 fully saturated rings. The Morgan fingerprint density at radius 1 is 1.29 bits per heavy atom. The van der Waals surface area contributed by atoms with Gasteiger partial charge >= 0.3 is 8.80 Å². The van der Waals surface area contributed by atoms with Gasteiger partial charge in [0.1, 0.15) is 0 Å². The molecule has 0 N–H and O–H groups in total. The summed E-state index contributed by atoms with van der Waals surface area (Å²) in [6, 6.07) is 0. The van der Waals surface area contributed by atoms with Crippen LogP contribution >= 0.6 is 0 Å². The van der Waals surface area contributed by atoms with E-state index in [2.05, 4.69) is 0 Å². The molecule has 4 nitrogen and oxygen atoms in total. The maximum absolute atomic E-state index is 5.63. The van der Waals surface area contributed by atoms with E-state index in [1.807, 2.05) is 20.4 Å². The summed E-state index contributed by atoms with van der Waals surface area (Å²) in [7, 11) is -2.41. The zero-order valence-corrected chi connectivity index (χ0v) is 9.54. The Labute approximate surface area is 91.3 Å². The minimum absolute atomic E-state index is 0. The lowest BCUT2D eigenvalue weighted by Crippen LogP contribution is -2.48.